The number of hydrogen-bond acceptors (Lipinski definition) is 3. The second kappa shape index (κ2) is 10.2. The molecule has 0 saturated carbocycles. The summed E-state index contributed by atoms with van der Waals surface area (Å²) in [6, 6.07) is 0. The fourth-order valence-corrected chi connectivity index (χ4v) is 2.69. The molecule has 0 fully saturated rings. The van der Waals surface area contributed by atoms with E-state index in [0.717, 1.165) is 31.8 Å². The molecule has 0 aromatic heterocycles. The van der Waals surface area contributed by atoms with Crippen molar-refractivity contribution in [3.8, 4) is 0 Å². The number of unbranched alkanes of at least 4 members (excludes halogenated alkanes) is 7. The van der Waals surface area contributed by atoms with Crippen LogP contribution in [-0.4, -0.2) is 35.2 Å². The van der Waals surface area contributed by atoms with Crippen LogP contribution in [-0.2, 0) is 0 Å². The maximum atomic E-state index is 9.90. The van der Waals surface area contributed by atoms with Gasteiger partial charge < -0.3 is 10.0 Å². The fraction of sp³-hybridized carbons (Fsp3) is 0.938. The molecule has 0 aliphatic carbocycles. The minimum Gasteiger partial charge on any atom is -0.374 e. The Labute approximate surface area is 119 Å². The Balaban J connectivity index is 2.03. The topological polar surface area (TPSA) is 35.8 Å². The van der Waals surface area contributed by atoms with Crippen LogP contribution in [0.4, 0.5) is 0 Å². The van der Waals surface area contributed by atoms with E-state index in [9.17, 15) is 5.11 Å². The van der Waals surface area contributed by atoms with E-state index >= 15 is 0 Å². The van der Waals surface area contributed by atoms with Gasteiger partial charge in [0.2, 0.25) is 0 Å². The van der Waals surface area contributed by atoms with Crippen LogP contribution >= 0.6 is 0 Å². The van der Waals surface area contributed by atoms with E-state index in [2.05, 4.69) is 16.8 Å². The van der Waals surface area contributed by atoms with Crippen LogP contribution in [0.15, 0.2) is 4.99 Å². The van der Waals surface area contributed by atoms with Gasteiger partial charge in [-0.2, -0.15) is 0 Å². The van der Waals surface area contributed by atoms with Gasteiger partial charge in [0.1, 0.15) is 12.1 Å². The Morgan fingerprint density at radius 2 is 1.68 bits per heavy atom. The molecule has 0 amide bonds. The Bertz CT molecular complexity index is 253. The number of amidine groups is 1. The molecule has 1 atom stereocenters. The van der Waals surface area contributed by atoms with Crippen molar-refractivity contribution in [3.63, 3.8) is 0 Å². The zero-order valence-corrected chi connectivity index (χ0v) is 12.9. The van der Waals surface area contributed by atoms with Crippen molar-refractivity contribution >= 4 is 5.84 Å². The van der Waals surface area contributed by atoms with E-state index in [-0.39, 0.29) is 6.23 Å². The molecule has 0 spiro atoms. The van der Waals surface area contributed by atoms with E-state index in [0.29, 0.717) is 0 Å². The first-order valence-electron chi connectivity index (χ1n) is 8.27. The lowest BCUT2D eigenvalue weighted by Gasteiger charge is -2.25. The predicted octanol–water partition coefficient (Wildman–Crippen LogP) is 3.96. The van der Waals surface area contributed by atoms with Gasteiger partial charge in [-0.25, -0.2) is 0 Å². The molecule has 112 valence electrons. The van der Waals surface area contributed by atoms with E-state index in [1.807, 2.05) is 6.92 Å². The highest BCUT2D eigenvalue weighted by Crippen LogP contribution is 2.15. The molecule has 1 aliphatic rings. The van der Waals surface area contributed by atoms with E-state index in [1.165, 1.54) is 51.4 Å². The van der Waals surface area contributed by atoms with Crippen molar-refractivity contribution in [1.82, 2.24) is 4.90 Å². The summed E-state index contributed by atoms with van der Waals surface area (Å²) in [7, 11) is 0. The van der Waals surface area contributed by atoms with Gasteiger partial charge in [-0.1, -0.05) is 58.8 Å². The molecule has 1 rings (SSSR count). The van der Waals surface area contributed by atoms with Crippen molar-refractivity contribution in [2.75, 3.05) is 13.1 Å². The van der Waals surface area contributed by atoms with Crippen LogP contribution in [0.2, 0.25) is 0 Å². The van der Waals surface area contributed by atoms with Crippen LogP contribution < -0.4 is 0 Å². The highest BCUT2D eigenvalue weighted by Gasteiger charge is 2.21. The molecule has 1 heterocycles. The SMILES string of the molecule is CCCCCCCCCCC1=NCCN1C(O)CC. The summed E-state index contributed by atoms with van der Waals surface area (Å²) in [6.45, 7) is 6.06. The van der Waals surface area contributed by atoms with Crippen LogP contribution in [0, 0.1) is 0 Å². The van der Waals surface area contributed by atoms with Crippen LogP contribution in [0.1, 0.15) is 78.1 Å². The maximum absolute atomic E-state index is 9.90. The molecule has 0 saturated heterocycles. The van der Waals surface area contributed by atoms with Gasteiger partial charge in [0.25, 0.3) is 0 Å². The highest BCUT2D eigenvalue weighted by atomic mass is 16.3. The second-order valence-corrected chi connectivity index (χ2v) is 5.61. The average Bonchev–Trinajstić information content (AvgIpc) is 2.89. The Hall–Kier alpha value is -0.570. The number of hydrogen-bond donors (Lipinski definition) is 1. The van der Waals surface area contributed by atoms with Gasteiger partial charge in [0.05, 0.1) is 6.54 Å². The summed E-state index contributed by atoms with van der Waals surface area (Å²) in [4.78, 5) is 6.61. The summed E-state index contributed by atoms with van der Waals surface area (Å²) in [5, 5.41) is 9.90. The molecule has 1 N–H and O–H groups in total. The smallest absolute Gasteiger partial charge is 0.127 e. The lowest BCUT2D eigenvalue weighted by Crippen LogP contribution is -2.37. The van der Waals surface area contributed by atoms with Crippen molar-refractivity contribution in [3.05, 3.63) is 0 Å². The standard InChI is InChI=1S/C16H32N2O/c1-3-5-6-7-8-9-10-11-12-15-17-13-14-18(15)16(19)4-2/h16,19H,3-14H2,1-2H3. The number of aliphatic hydroxyl groups excluding tert-OH is 1. The zero-order valence-electron chi connectivity index (χ0n) is 12.9. The maximum Gasteiger partial charge on any atom is 0.127 e. The van der Waals surface area contributed by atoms with E-state index in [4.69, 9.17) is 0 Å². The molecular formula is C16H32N2O. The van der Waals surface area contributed by atoms with Crippen molar-refractivity contribution in [2.45, 2.75) is 84.3 Å². The summed E-state index contributed by atoms with van der Waals surface area (Å²) in [6.07, 6.45) is 12.3. The van der Waals surface area contributed by atoms with Crippen LogP contribution in [0.3, 0.4) is 0 Å². The first kappa shape index (κ1) is 16.5. The van der Waals surface area contributed by atoms with Crippen LogP contribution in [0.5, 0.6) is 0 Å². The predicted molar refractivity (Wildman–Crippen MR) is 82.5 cm³/mol. The monoisotopic (exact) mass is 268 g/mol. The van der Waals surface area contributed by atoms with Crippen molar-refractivity contribution in [1.29, 1.82) is 0 Å². The van der Waals surface area contributed by atoms with Crippen LogP contribution in [0.25, 0.3) is 0 Å². The molecule has 0 aromatic rings. The molecule has 0 radical (unpaired) electrons. The molecule has 1 unspecified atom stereocenters. The second-order valence-electron chi connectivity index (χ2n) is 5.61. The van der Waals surface area contributed by atoms with Crippen molar-refractivity contribution in [2.24, 2.45) is 4.99 Å². The first-order valence-corrected chi connectivity index (χ1v) is 8.27. The molecule has 3 nitrogen and oxygen atoms in total. The third-order valence-electron chi connectivity index (χ3n) is 3.95. The van der Waals surface area contributed by atoms with Gasteiger partial charge in [-0.05, 0) is 12.8 Å². The first-order chi connectivity index (χ1) is 9.29. The van der Waals surface area contributed by atoms with Gasteiger partial charge >= 0.3 is 0 Å². The molecule has 0 aromatic carbocycles. The third-order valence-corrected chi connectivity index (χ3v) is 3.95. The lowest BCUT2D eigenvalue weighted by atomic mass is 10.1. The largest absolute Gasteiger partial charge is 0.374 e. The third kappa shape index (κ3) is 6.42. The lowest BCUT2D eigenvalue weighted by molar-refractivity contribution is 0.0558. The van der Waals surface area contributed by atoms with Gasteiger partial charge in [-0.3, -0.25) is 4.99 Å². The molecule has 1 aliphatic heterocycles. The molecular weight excluding hydrogens is 236 g/mol. The Kier molecular flexibility index (Phi) is 8.89. The van der Waals surface area contributed by atoms with Crippen molar-refractivity contribution < 1.29 is 5.11 Å². The summed E-state index contributed by atoms with van der Waals surface area (Å²) < 4.78 is 0. The molecule has 3 heteroatoms. The minimum absolute atomic E-state index is 0.324. The summed E-state index contributed by atoms with van der Waals surface area (Å²) >= 11 is 0. The normalized spacial score (nSPS) is 16.8. The van der Waals surface area contributed by atoms with E-state index < -0.39 is 0 Å². The number of nitrogens with zero attached hydrogens (tertiary/aromatic N) is 2. The van der Waals surface area contributed by atoms with Gasteiger partial charge in [0.15, 0.2) is 0 Å². The molecule has 19 heavy (non-hydrogen) atoms. The summed E-state index contributed by atoms with van der Waals surface area (Å²) in [5.74, 6) is 1.14. The quantitative estimate of drug-likeness (QED) is 0.576. The average molecular weight is 268 g/mol. The van der Waals surface area contributed by atoms with E-state index in [1.54, 1.807) is 0 Å². The number of aliphatic imine (C=N–C) groups is 1. The minimum atomic E-state index is -0.324. The van der Waals surface area contributed by atoms with Gasteiger partial charge in [0, 0.05) is 13.0 Å². The zero-order chi connectivity index (χ0) is 13.9. The molecule has 0 bridgehead atoms. The Morgan fingerprint density at radius 3 is 2.32 bits per heavy atom. The van der Waals surface area contributed by atoms with Gasteiger partial charge in [-0.15, -0.1) is 0 Å². The fourth-order valence-electron chi connectivity index (χ4n) is 2.69. The highest BCUT2D eigenvalue weighted by molar-refractivity contribution is 5.83. The number of rotatable bonds is 11. The number of aliphatic hydroxyl groups is 1. The summed E-state index contributed by atoms with van der Waals surface area (Å²) in [5.41, 5.74) is 0. The Morgan fingerprint density at radius 1 is 1.05 bits per heavy atom.